The van der Waals surface area contributed by atoms with Gasteiger partial charge in [0.05, 0.1) is 7.11 Å². The van der Waals surface area contributed by atoms with E-state index in [0.717, 1.165) is 5.56 Å². The summed E-state index contributed by atoms with van der Waals surface area (Å²) in [6.45, 7) is 1.98. The van der Waals surface area contributed by atoms with Crippen molar-refractivity contribution < 1.29 is 24.2 Å². The molecule has 0 spiro atoms. The molecular weight excluding hydrogens is 358 g/mol. The third kappa shape index (κ3) is 5.13. The van der Waals surface area contributed by atoms with Gasteiger partial charge in [-0.2, -0.15) is 0 Å². The monoisotopic (exact) mass is 377 g/mol. The van der Waals surface area contributed by atoms with Crippen molar-refractivity contribution in [2.75, 3.05) is 20.2 Å². The van der Waals surface area contributed by atoms with E-state index < -0.39 is 5.97 Å². The summed E-state index contributed by atoms with van der Waals surface area (Å²) in [5.74, 6) is -0.552. The molecule has 0 atom stereocenters. The summed E-state index contributed by atoms with van der Waals surface area (Å²) in [7, 11) is 1.48. The molecule has 7 heteroatoms. The average Bonchev–Trinajstić information content (AvgIpc) is 2.64. The van der Waals surface area contributed by atoms with Crippen LogP contribution in [0.4, 0.5) is 0 Å². The number of carbonyl (C=O) groups excluding carboxylic acids is 1. The first kappa shape index (κ1) is 19.6. The zero-order valence-corrected chi connectivity index (χ0v) is 15.3. The Hall–Kier alpha value is -2.73. The Bertz CT molecular complexity index is 776. The maximum Gasteiger partial charge on any atom is 0.323 e. The molecule has 0 radical (unpaired) electrons. The van der Waals surface area contributed by atoms with E-state index >= 15 is 0 Å². The molecule has 138 valence electrons. The van der Waals surface area contributed by atoms with E-state index in [9.17, 15) is 9.59 Å². The molecule has 0 aliphatic heterocycles. The van der Waals surface area contributed by atoms with Crippen LogP contribution in [0.25, 0.3) is 0 Å². The normalized spacial score (nSPS) is 10.3. The number of hydrogen-bond acceptors (Lipinski definition) is 4. The fourth-order valence-electron chi connectivity index (χ4n) is 2.33. The van der Waals surface area contributed by atoms with Crippen LogP contribution in [0.5, 0.6) is 11.5 Å². The molecule has 0 bridgehead atoms. The Balaban J connectivity index is 2.14. The molecule has 0 heterocycles. The maximum absolute atomic E-state index is 12.5. The van der Waals surface area contributed by atoms with Gasteiger partial charge in [0, 0.05) is 17.1 Å². The lowest BCUT2D eigenvalue weighted by molar-refractivity contribution is -0.137. The molecule has 0 saturated heterocycles. The number of methoxy groups -OCH3 is 1. The average molecular weight is 378 g/mol. The Morgan fingerprint density at radius 2 is 1.81 bits per heavy atom. The maximum atomic E-state index is 12.5. The van der Waals surface area contributed by atoms with Gasteiger partial charge >= 0.3 is 5.97 Å². The molecule has 2 rings (SSSR count). The smallest absolute Gasteiger partial charge is 0.323 e. The third-order valence-corrected chi connectivity index (χ3v) is 3.97. The molecule has 2 aromatic rings. The minimum Gasteiger partial charge on any atom is -0.493 e. The molecule has 1 amide bonds. The van der Waals surface area contributed by atoms with Crippen LogP contribution < -0.4 is 9.47 Å². The lowest BCUT2D eigenvalue weighted by atomic mass is 10.1. The SMILES string of the molecule is CCN(CC(=O)O)C(=O)c1ccc(OCc2ccc(Cl)cc2)c(OC)c1. The molecule has 0 aliphatic carbocycles. The third-order valence-electron chi connectivity index (χ3n) is 3.71. The number of likely N-dealkylation sites (N-methyl/N-ethyl adjacent to an activating group) is 1. The quantitative estimate of drug-likeness (QED) is 0.762. The summed E-state index contributed by atoms with van der Waals surface area (Å²) in [6.07, 6.45) is 0. The fraction of sp³-hybridized carbons (Fsp3) is 0.263. The van der Waals surface area contributed by atoms with Gasteiger partial charge < -0.3 is 19.5 Å². The molecule has 0 aliphatic rings. The molecule has 0 saturated carbocycles. The summed E-state index contributed by atoms with van der Waals surface area (Å²) >= 11 is 5.86. The van der Waals surface area contributed by atoms with Gasteiger partial charge in [0.2, 0.25) is 0 Å². The van der Waals surface area contributed by atoms with E-state index in [-0.39, 0.29) is 12.5 Å². The first-order valence-electron chi connectivity index (χ1n) is 8.01. The van der Waals surface area contributed by atoms with Crippen molar-refractivity contribution in [2.24, 2.45) is 0 Å². The van der Waals surface area contributed by atoms with Crippen LogP contribution in [-0.4, -0.2) is 42.1 Å². The Kier molecular flexibility index (Phi) is 6.86. The number of halogens is 1. The van der Waals surface area contributed by atoms with Crippen LogP contribution in [0.3, 0.4) is 0 Å². The van der Waals surface area contributed by atoms with E-state index in [4.69, 9.17) is 26.2 Å². The van der Waals surface area contributed by atoms with Crippen LogP contribution in [0.2, 0.25) is 5.02 Å². The molecule has 26 heavy (non-hydrogen) atoms. The highest BCUT2D eigenvalue weighted by atomic mass is 35.5. The van der Waals surface area contributed by atoms with Crippen molar-refractivity contribution in [2.45, 2.75) is 13.5 Å². The summed E-state index contributed by atoms with van der Waals surface area (Å²) in [5, 5.41) is 9.55. The molecule has 6 nitrogen and oxygen atoms in total. The van der Waals surface area contributed by atoms with Crippen LogP contribution >= 0.6 is 11.6 Å². The first-order chi connectivity index (χ1) is 12.4. The number of benzene rings is 2. The topological polar surface area (TPSA) is 76.1 Å². The number of aliphatic carboxylic acids is 1. The molecule has 0 aromatic heterocycles. The number of carboxylic acids is 1. The van der Waals surface area contributed by atoms with Gasteiger partial charge in [-0.05, 0) is 42.8 Å². The van der Waals surface area contributed by atoms with E-state index in [1.165, 1.54) is 12.0 Å². The van der Waals surface area contributed by atoms with E-state index in [2.05, 4.69) is 0 Å². The largest absolute Gasteiger partial charge is 0.493 e. The summed E-state index contributed by atoms with van der Waals surface area (Å²) < 4.78 is 11.1. The zero-order valence-electron chi connectivity index (χ0n) is 14.6. The molecule has 1 N–H and O–H groups in total. The summed E-state index contributed by atoms with van der Waals surface area (Å²) in [6, 6.07) is 12.0. The van der Waals surface area contributed by atoms with Crippen molar-refractivity contribution >= 4 is 23.5 Å². The number of hydrogen-bond donors (Lipinski definition) is 1. The van der Waals surface area contributed by atoms with Gasteiger partial charge in [-0.15, -0.1) is 0 Å². The second kappa shape index (κ2) is 9.10. The second-order valence-electron chi connectivity index (χ2n) is 5.49. The summed E-state index contributed by atoms with van der Waals surface area (Å²) in [5.41, 5.74) is 1.28. The standard InChI is InChI=1S/C19H20ClNO5/c1-3-21(11-18(22)23)19(24)14-6-9-16(17(10-14)25-2)26-12-13-4-7-15(20)8-5-13/h4-10H,3,11-12H2,1-2H3,(H,22,23). The van der Waals surface area contributed by atoms with E-state index in [1.54, 1.807) is 37.3 Å². The highest BCUT2D eigenvalue weighted by Crippen LogP contribution is 2.29. The van der Waals surface area contributed by atoms with E-state index in [0.29, 0.717) is 35.2 Å². The molecular formula is C19H20ClNO5. The van der Waals surface area contributed by atoms with Gasteiger partial charge in [0.25, 0.3) is 5.91 Å². The Labute approximate surface area is 156 Å². The minimum atomic E-state index is -1.06. The van der Waals surface area contributed by atoms with Crippen molar-refractivity contribution in [3.05, 3.63) is 58.6 Å². The Morgan fingerprint density at radius 3 is 2.38 bits per heavy atom. The zero-order chi connectivity index (χ0) is 19.1. The van der Waals surface area contributed by atoms with Gasteiger partial charge in [-0.25, -0.2) is 0 Å². The highest BCUT2D eigenvalue weighted by Gasteiger charge is 2.18. The van der Waals surface area contributed by atoms with Crippen LogP contribution in [0, 0.1) is 0 Å². The van der Waals surface area contributed by atoms with Crippen LogP contribution in [0.1, 0.15) is 22.8 Å². The number of carboxylic acid groups (broad SMARTS) is 1. The van der Waals surface area contributed by atoms with Gasteiger partial charge in [0.15, 0.2) is 11.5 Å². The van der Waals surface area contributed by atoms with Crippen molar-refractivity contribution in [1.29, 1.82) is 0 Å². The first-order valence-corrected chi connectivity index (χ1v) is 8.38. The molecule has 0 fully saturated rings. The van der Waals surface area contributed by atoms with Crippen LogP contribution in [-0.2, 0) is 11.4 Å². The second-order valence-corrected chi connectivity index (χ2v) is 5.93. The number of nitrogens with zero attached hydrogens (tertiary/aromatic N) is 1. The summed E-state index contributed by atoms with van der Waals surface area (Å²) in [4.78, 5) is 24.6. The van der Waals surface area contributed by atoms with Gasteiger partial charge in [-0.1, -0.05) is 23.7 Å². The number of rotatable bonds is 8. The fourth-order valence-corrected chi connectivity index (χ4v) is 2.46. The predicted octanol–water partition coefficient (Wildman–Crippen LogP) is 3.47. The molecule has 2 aromatic carbocycles. The van der Waals surface area contributed by atoms with Gasteiger partial charge in [0.1, 0.15) is 13.2 Å². The number of ether oxygens (including phenoxy) is 2. The van der Waals surface area contributed by atoms with Crippen molar-refractivity contribution in [1.82, 2.24) is 4.90 Å². The Morgan fingerprint density at radius 1 is 1.12 bits per heavy atom. The lowest BCUT2D eigenvalue weighted by Gasteiger charge is -2.19. The predicted molar refractivity (Wildman–Crippen MR) is 98.0 cm³/mol. The lowest BCUT2D eigenvalue weighted by Crippen LogP contribution is -2.35. The van der Waals surface area contributed by atoms with Crippen LogP contribution in [0.15, 0.2) is 42.5 Å². The number of amides is 1. The van der Waals surface area contributed by atoms with Gasteiger partial charge in [-0.3, -0.25) is 9.59 Å². The highest BCUT2D eigenvalue weighted by molar-refractivity contribution is 6.30. The van der Waals surface area contributed by atoms with Crippen molar-refractivity contribution in [3.63, 3.8) is 0 Å². The van der Waals surface area contributed by atoms with E-state index in [1.807, 2.05) is 12.1 Å². The van der Waals surface area contributed by atoms with Crippen molar-refractivity contribution in [3.8, 4) is 11.5 Å². The minimum absolute atomic E-state index is 0.294. The molecule has 0 unspecified atom stereocenters. The number of carbonyl (C=O) groups is 2.